The predicted molar refractivity (Wildman–Crippen MR) is 63.4 cm³/mol. The minimum absolute atomic E-state index is 0.0149. The number of fused-ring (bicyclic) bond motifs is 1. The van der Waals surface area contributed by atoms with E-state index in [0.29, 0.717) is 12.2 Å². The van der Waals surface area contributed by atoms with E-state index in [4.69, 9.17) is 14.7 Å². The third-order valence-electron chi connectivity index (χ3n) is 4.63. The lowest BCUT2D eigenvalue weighted by Crippen LogP contribution is -2.49. The summed E-state index contributed by atoms with van der Waals surface area (Å²) in [5, 5.41) is 8.90. The SMILES string of the molecule is C[C@@H](C#N)CC1CC[C@@H]2OC3CCCC2(C3)O1. The molecule has 0 radical (unpaired) electrons. The monoisotopic (exact) mass is 235 g/mol. The van der Waals surface area contributed by atoms with Crippen LogP contribution in [0.25, 0.3) is 0 Å². The number of hydrogen-bond donors (Lipinski definition) is 0. The second kappa shape index (κ2) is 4.26. The molecule has 3 aliphatic rings. The topological polar surface area (TPSA) is 42.2 Å². The second-order valence-corrected chi connectivity index (χ2v) is 5.99. The Labute approximate surface area is 103 Å². The fourth-order valence-electron chi connectivity index (χ4n) is 3.84. The summed E-state index contributed by atoms with van der Waals surface area (Å²) in [6, 6.07) is 2.31. The molecule has 94 valence electrons. The number of nitrogens with zero attached hydrogens (tertiary/aromatic N) is 1. The van der Waals surface area contributed by atoms with Gasteiger partial charge in [-0.05, 0) is 45.4 Å². The molecule has 3 unspecified atom stereocenters. The van der Waals surface area contributed by atoms with Crippen molar-refractivity contribution >= 4 is 0 Å². The summed E-state index contributed by atoms with van der Waals surface area (Å²) in [5.74, 6) is 0.106. The van der Waals surface area contributed by atoms with Crippen LogP contribution in [0.2, 0.25) is 0 Å². The zero-order chi connectivity index (χ0) is 11.9. The van der Waals surface area contributed by atoms with Crippen LogP contribution in [0.15, 0.2) is 0 Å². The average Bonchev–Trinajstić information content (AvgIpc) is 2.58. The summed E-state index contributed by atoms with van der Waals surface area (Å²) < 4.78 is 12.4. The molecule has 0 amide bonds. The summed E-state index contributed by atoms with van der Waals surface area (Å²) in [6.45, 7) is 1.99. The summed E-state index contributed by atoms with van der Waals surface area (Å²) in [6.07, 6.45) is 8.83. The highest BCUT2D eigenvalue weighted by Gasteiger charge is 2.54. The highest BCUT2D eigenvalue weighted by molar-refractivity contribution is 5.04. The average molecular weight is 235 g/mol. The van der Waals surface area contributed by atoms with Gasteiger partial charge in [-0.3, -0.25) is 0 Å². The zero-order valence-corrected chi connectivity index (χ0v) is 10.5. The molecule has 1 spiro atoms. The van der Waals surface area contributed by atoms with Gasteiger partial charge in [0.1, 0.15) is 0 Å². The minimum Gasteiger partial charge on any atom is -0.372 e. The number of nitriles is 1. The van der Waals surface area contributed by atoms with Crippen LogP contribution in [0.3, 0.4) is 0 Å². The van der Waals surface area contributed by atoms with Gasteiger partial charge in [-0.15, -0.1) is 0 Å². The standard InChI is InChI=1S/C14H21NO2/c1-10(9-15)7-11-4-5-13-14(17-11)6-2-3-12(8-14)16-13/h10-13H,2-8H2,1H3/t10-,11?,12?,13+,14?/m1/s1. The molecule has 2 bridgehead atoms. The molecule has 0 aromatic carbocycles. The molecule has 2 aliphatic heterocycles. The maximum atomic E-state index is 8.90. The number of hydrogen-bond acceptors (Lipinski definition) is 3. The van der Waals surface area contributed by atoms with Crippen LogP contribution in [0.1, 0.15) is 51.9 Å². The van der Waals surface area contributed by atoms with Crippen molar-refractivity contribution < 1.29 is 9.47 Å². The van der Waals surface area contributed by atoms with Crippen molar-refractivity contribution in [1.29, 1.82) is 5.26 Å². The Balaban J connectivity index is 1.69. The van der Waals surface area contributed by atoms with Gasteiger partial charge in [0.25, 0.3) is 0 Å². The van der Waals surface area contributed by atoms with E-state index in [1.54, 1.807) is 0 Å². The molecule has 3 rings (SSSR count). The number of rotatable bonds is 2. The molecule has 17 heavy (non-hydrogen) atoms. The van der Waals surface area contributed by atoms with Crippen LogP contribution in [0.4, 0.5) is 0 Å². The van der Waals surface area contributed by atoms with Gasteiger partial charge in [0.2, 0.25) is 0 Å². The van der Waals surface area contributed by atoms with Crippen molar-refractivity contribution in [2.45, 2.75) is 75.8 Å². The van der Waals surface area contributed by atoms with Crippen molar-refractivity contribution in [3.8, 4) is 6.07 Å². The Bertz CT molecular complexity index is 338. The summed E-state index contributed by atoms with van der Waals surface area (Å²) in [7, 11) is 0. The van der Waals surface area contributed by atoms with Gasteiger partial charge >= 0.3 is 0 Å². The molecule has 2 heterocycles. The molecule has 0 N–H and O–H groups in total. The van der Waals surface area contributed by atoms with Crippen molar-refractivity contribution in [1.82, 2.24) is 0 Å². The van der Waals surface area contributed by atoms with Gasteiger partial charge < -0.3 is 9.47 Å². The van der Waals surface area contributed by atoms with E-state index in [0.717, 1.165) is 32.1 Å². The van der Waals surface area contributed by atoms with Crippen molar-refractivity contribution in [3.05, 3.63) is 0 Å². The molecular weight excluding hydrogens is 214 g/mol. The lowest BCUT2D eigenvalue weighted by atomic mass is 9.78. The molecule has 3 heteroatoms. The zero-order valence-electron chi connectivity index (χ0n) is 10.5. The largest absolute Gasteiger partial charge is 0.372 e. The van der Waals surface area contributed by atoms with Gasteiger partial charge in [0, 0.05) is 12.3 Å². The van der Waals surface area contributed by atoms with Crippen LogP contribution in [0.5, 0.6) is 0 Å². The van der Waals surface area contributed by atoms with Gasteiger partial charge in [-0.25, -0.2) is 0 Å². The van der Waals surface area contributed by atoms with E-state index in [2.05, 4.69) is 6.07 Å². The van der Waals surface area contributed by atoms with E-state index >= 15 is 0 Å². The van der Waals surface area contributed by atoms with E-state index in [9.17, 15) is 0 Å². The van der Waals surface area contributed by atoms with Gasteiger partial charge in [0.15, 0.2) is 0 Å². The lowest BCUT2D eigenvalue weighted by Gasteiger charge is -2.43. The lowest BCUT2D eigenvalue weighted by molar-refractivity contribution is -0.168. The van der Waals surface area contributed by atoms with E-state index < -0.39 is 0 Å². The first kappa shape index (κ1) is 11.5. The molecule has 3 nitrogen and oxygen atoms in total. The van der Waals surface area contributed by atoms with Gasteiger partial charge in [-0.2, -0.15) is 5.26 Å². The van der Waals surface area contributed by atoms with Crippen LogP contribution in [0, 0.1) is 17.2 Å². The molecule has 3 fully saturated rings. The van der Waals surface area contributed by atoms with Crippen molar-refractivity contribution in [3.63, 3.8) is 0 Å². The van der Waals surface area contributed by atoms with Crippen LogP contribution < -0.4 is 0 Å². The normalized spacial score (nSPS) is 46.0. The molecular formula is C14H21NO2. The maximum Gasteiger partial charge on any atom is 0.0971 e. The maximum absolute atomic E-state index is 8.90. The third kappa shape index (κ3) is 1.98. The predicted octanol–water partition coefficient (Wildman–Crippen LogP) is 2.80. The Morgan fingerprint density at radius 3 is 3.12 bits per heavy atom. The highest BCUT2D eigenvalue weighted by Crippen LogP contribution is 2.49. The summed E-state index contributed by atoms with van der Waals surface area (Å²) in [5.41, 5.74) is 0.0149. The van der Waals surface area contributed by atoms with Crippen LogP contribution in [-0.2, 0) is 9.47 Å². The van der Waals surface area contributed by atoms with Gasteiger partial charge in [-0.1, -0.05) is 0 Å². The number of ether oxygens (including phenoxy) is 2. The minimum atomic E-state index is 0.0149. The smallest absolute Gasteiger partial charge is 0.0971 e. The third-order valence-corrected chi connectivity index (χ3v) is 4.63. The molecule has 2 saturated heterocycles. The molecule has 1 aliphatic carbocycles. The van der Waals surface area contributed by atoms with Crippen LogP contribution >= 0.6 is 0 Å². The Morgan fingerprint density at radius 2 is 2.29 bits per heavy atom. The Kier molecular flexibility index (Phi) is 2.88. The van der Waals surface area contributed by atoms with Crippen molar-refractivity contribution in [2.24, 2.45) is 5.92 Å². The summed E-state index contributed by atoms with van der Waals surface area (Å²) in [4.78, 5) is 0. The summed E-state index contributed by atoms with van der Waals surface area (Å²) >= 11 is 0. The fraction of sp³-hybridized carbons (Fsp3) is 0.929. The van der Waals surface area contributed by atoms with Gasteiger partial charge in [0.05, 0.1) is 30.0 Å². The Morgan fingerprint density at radius 1 is 1.41 bits per heavy atom. The molecule has 0 aromatic heterocycles. The first-order valence-corrected chi connectivity index (χ1v) is 6.95. The Hall–Kier alpha value is -0.590. The quantitative estimate of drug-likeness (QED) is 0.739. The fourth-order valence-corrected chi connectivity index (χ4v) is 3.84. The molecule has 0 aromatic rings. The molecule has 1 saturated carbocycles. The highest BCUT2D eigenvalue weighted by atomic mass is 16.6. The molecule has 5 atom stereocenters. The van der Waals surface area contributed by atoms with E-state index in [-0.39, 0.29) is 17.6 Å². The second-order valence-electron chi connectivity index (χ2n) is 5.99. The first-order chi connectivity index (χ1) is 8.22. The van der Waals surface area contributed by atoms with Crippen LogP contribution in [-0.4, -0.2) is 23.9 Å². The first-order valence-electron chi connectivity index (χ1n) is 6.95. The van der Waals surface area contributed by atoms with E-state index in [1.807, 2.05) is 6.92 Å². The van der Waals surface area contributed by atoms with Crippen molar-refractivity contribution in [2.75, 3.05) is 0 Å². The van der Waals surface area contributed by atoms with E-state index in [1.165, 1.54) is 12.8 Å².